The Morgan fingerprint density at radius 3 is 2.48 bits per heavy atom. The van der Waals surface area contributed by atoms with Gasteiger partial charge < -0.3 is 14.5 Å². The molecule has 3 fully saturated rings. The molecule has 2 unspecified atom stereocenters. The minimum atomic E-state index is -3.46. The van der Waals surface area contributed by atoms with Crippen molar-refractivity contribution in [1.82, 2.24) is 0 Å². The van der Waals surface area contributed by atoms with Gasteiger partial charge >= 0.3 is 7.60 Å². The average molecular weight is 481 g/mol. The number of hydrogen-bond acceptors (Lipinski definition) is 3. The second-order valence-corrected chi connectivity index (χ2v) is 14.9. The van der Waals surface area contributed by atoms with Gasteiger partial charge in [0.25, 0.3) is 0 Å². The molecule has 0 bridgehead atoms. The number of aliphatic hydroxyl groups is 1. The molecule has 0 aromatic heterocycles. The summed E-state index contributed by atoms with van der Waals surface area (Å²) in [4.78, 5) is 9.75. The van der Waals surface area contributed by atoms with Gasteiger partial charge in [-0.1, -0.05) is 46.3 Å². The highest BCUT2D eigenvalue weighted by Crippen LogP contribution is 2.67. The van der Waals surface area contributed by atoms with Crippen molar-refractivity contribution in [1.29, 1.82) is 0 Å². The standard InChI is InChI=1S/C28H49O4P/c1-18(2)26(32-33(6,30)31)12-7-19(3)23-10-11-24-22-9-8-20-17-21(29)13-15-27(20,4)25(22)14-16-28(23,24)5/h8,18-19,21-26,29H,7,9-17H2,1-6H3,(H,30,31)/t19-,21+,22+,23-,24+,25+,26?,27+,28-/m1/s1. The first-order chi connectivity index (χ1) is 15.3. The maximum Gasteiger partial charge on any atom is 0.325 e. The second-order valence-electron chi connectivity index (χ2n) is 13.1. The minimum absolute atomic E-state index is 0.127. The van der Waals surface area contributed by atoms with Gasteiger partial charge in [-0.2, -0.15) is 0 Å². The molecular weight excluding hydrogens is 431 g/mol. The third-order valence-electron chi connectivity index (χ3n) is 10.8. The van der Waals surface area contributed by atoms with E-state index in [1.807, 2.05) is 0 Å². The Balaban J connectivity index is 1.45. The van der Waals surface area contributed by atoms with Crippen molar-refractivity contribution in [3.8, 4) is 0 Å². The molecule has 3 saturated carbocycles. The molecular formula is C28H49O4P. The number of fused-ring (bicyclic) bond motifs is 5. The molecule has 2 N–H and O–H groups in total. The molecule has 0 heterocycles. The van der Waals surface area contributed by atoms with Crippen LogP contribution in [0.25, 0.3) is 0 Å². The van der Waals surface area contributed by atoms with Crippen molar-refractivity contribution in [2.75, 3.05) is 6.66 Å². The van der Waals surface area contributed by atoms with E-state index in [4.69, 9.17) is 4.52 Å². The molecule has 4 nitrogen and oxygen atoms in total. The molecule has 0 aromatic rings. The van der Waals surface area contributed by atoms with E-state index >= 15 is 0 Å². The lowest BCUT2D eigenvalue weighted by atomic mass is 9.47. The van der Waals surface area contributed by atoms with E-state index in [1.54, 1.807) is 5.57 Å². The summed E-state index contributed by atoms with van der Waals surface area (Å²) in [7, 11) is -3.46. The van der Waals surface area contributed by atoms with Gasteiger partial charge in [0.05, 0.1) is 12.2 Å². The molecule has 4 aliphatic rings. The minimum Gasteiger partial charge on any atom is -0.393 e. The summed E-state index contributed by atoms with van der Waals surface area (Å²) < 4.78 is 17.4. The third-order valence-corrected chi connectivity index (χ3v) is 11.5. The summed E-state index contributed by atoms with van der Waals surface area (Å²) in [5.74, 6) is 4.02. The zero-order valence-corrected chi connectivity index (χ0v) is 22.8. The van der Waals surface area contributed by atoms with Crippen molar-refractivity contribution in [3.63, 3.8) is 0 Å². The van der Waals surface area contributed by atoms with Crippen molar-refractivity contribution in [2.24, 2.45) is 46.3 Å². The molecule has 190 valence electrons. The quantitative estimate of drug-likeness (QED) is 0.299. The summed E-state index contributed by atoms with van der Waals surface area (Å²) in [5, 5.41) is 10.3. The van der Waals surface area contributed by atoms with Gasteiger partial charge in [-0.15, -0.1) is 0 Å². The Morgan fingerprint density at radius 2 is 1.82 bits per heavy atom. The van der Waals surface area contributed by atoms with Gasteiger partial charge in [-0.25, -0.2) is 0 Å². The summed E-state index contributed by atoms with van der Waals surface area (Å²) in [6.07, 6.45) is 13.8. The molecule has 4 rings (SSSR count). The summed E-state index contributed by atoms with van der Waals surface area (Å²) in [5.41, 5.74) is 2.29. The summed E-state index contributed by atoms with van der Waals surface area (Å²) in [6.45, 7) is 13.0. The zero-order valence-electron chi connectivity index (χ0n) is 21.9. The van der Waals surface area contributed by atoms with Crippen LogP contribution in [0.4, 0.5) is 0 Å². The van der Waals surface area contributed by atoms with Crippen LogP contribution in [0.2, 0.25) is 0 Å². The second kappa shape index (κ2) is 9.38. The van der Waals surface area contributed by atoms with E-state index in [0.29, 0.717) is 16.7 Å². The molecule has 4 aliphatic carbocycles. The van der Waals surface area contributed by atoms with E-state index in [9.17, 15) is 14.6 Å². The highest BCUT2D eigenvalue weighted by atomic mass is 31.2. The Morgan fingerprint density at radius 1 is 1.09 bits per heavy atom. The maximum atomic E-state index is 11.9. The van der Waals surface area contributed by atoms with E-state index in [2.05, 4.69) is 40.7 Å². The van der Waals surface area contributed by atoms with Crippen LogP contribution in [-0.4, -0.2) is 28.9 Å². The lowest BCUT2D eigenvalue weighted by Gasteiger charge is -2.58. The predicted molar refractivity (Wildman–Crippen MR) is 135 cm³/mol. The first-order valence-electron chi connectivity index (χ1n) is 13.7. The Bertz CT molecular complexity index is 787. The van der Waals surface area contributed by atoms with Crippen molar-refractivity contribution >= 4 is 7.60 Å². The topological polar surface area (TPSA) is 66.8 Å². The van der Waals surface area contributed by atoms with E-state index in [1.165, 1.54) is 38.8 Å². The SMILES string of the molecule is CC(C)C(CC[C@@H](C)[C@H]1CC[C@H]2[C@@H]3CC=C4C[C@@H](O)CC[C@]4(C)[C@H]3CC[C@]12C)OP(C)(=O)O. The fraction of sp³-hybridized carbons (Fsp3) is 0.929. The van der Waals surface area contributed by atoms with Crippen LogP contribution in [0.3, 0.4) is 0 Å². The van der Waals surface area contributed by atoms with Crippen molar-refractivity contribution in [2.45, 2.75) is 111 Å². The largest absolute Gasteiger partial charge is 0.393 e. The normalized spacial score (nSPS) is 44.3. The first-order valence-corrected chi connectivity index (χ1v) is 15.7. The van der Waals surface area contributed by atoms with Gasteiger partial charge in [-0.3, -0.25) is 4.57 Å². The van der Waals surface area contributed by atoms with Gasteiger partial charge in [0.15, 0.2) is 0 Å². The van der Waals surface area contributed by atoms with Crippen LogP contribution in [0, 0.1) is 46.3 Å². The molecule has 5 heteroatoms. The molecule has 10 atom stereocenters. The predicted octanol–water partition coefficient (Wildman–Crippen LogP) is 7.20. The van der Waals surface area contributed by atoms with E-state index < -0.39 is 7.60 Å². The molecule has 0 radical (unpaired) electrons. The zero-order chi connectivity index (χ0) is 24.2. The smallest absolute Gasteiger partial charge is 0.325 e. The van der Waals surface area contributed by atoms with Crippen molar-refractivity contribution < 1.29 is 19.1 Å². The van der Waals surface area contributed by atoms with Crippen LogP contribution >= 0.6 is 7.60 Å². The van der Waals surface area contributed by atoms with Crippen LogP contribution in [-0.2, 0) is 9.09 Å². The third kappa shape index (κ3) is 4.93. The summed E-state index contributed by atoms with van der Waals surface area (Å²) in [6, 6.07) is 0. The average Bonchev–Trinajstić information content (AvgIpc) is 3.07. The van der Waals surface area contributed by atoms with Crippen LogP contribution in [0.1, 0.15) is 98.8 Å². The Labute approximate surface area is 202 Å². The molecule has 0 aromatic carbocycles. The van der Waals surface area contributed by atoms with Crippen molar-refractivity contribution in [3.05, 3.63) is 11.6 Å². The van der Waals surface area contributed by atoms with E-state index in [0.717, 1.165) is 55.8 Å². The Hall–Kier alpha value is -0.150. The molecule has 0 aliphatic heterocycles. The molecule has 0 spiro atoms. The van der Waals surface area contributed by atoms with Crippen LogP contribution < -0.4 is 0 Å². The molecule has 0 saturated heterocycles. The lowest BCUT2D eigenvalue weighted by molar-refractivity contribution is -0.0578. The van der Waals surface area contributed by atoms with Gasteiger partial charge in [0.2, 0.25) is 0 Å². The van der Waals surface area contributed by atoms with E-state index in [-0.39, 0.29) is 18.1 Å². The summed E-state index contributed by atoms with van der Waals surface area (Å²) >= 11 is 0. The van der Waals surface area contributed by atoms with Gasteiger partial charge in [0.1, 0.15) is 0 Å². The highest BCUT2D eigenvalue weighted by Gasteiger charge is 2.59. The number of rotatable bonds is 7. The van der Waals surface area contributed by atoms with Crippen LogP contribution in [0.15, 0.2) is 11.6 Å². The number of hydrogen-bond donors (Lipinski definition) is 2. The van der Waals surface area contributed by atoms with Crippen LogP contribution in [0.5, 0.6) is 0 Å². The lowest BCUT2D eigenvalue weighted by Crippen LogP contribution is -2.50. The number of allylic oxidation sites excluding steroid dienone is 1. The first kappa shape index (κ1) is 25.9. The maximum absolute atomic E-state index is 11.9. The highest BCUT2D eigenvalue weighted by molar-refractivity contribution is 7.51. The monoisotopic (exact) mass is 480 g/mol. The van der Waals surface area contributed by atoms with Gasteiger partial charge in [0, 0.05) is 6.66 Å². The van der Waals surface area contributed by atoms with Gasteiger partial charge in [-0.05, 0) is 111 Å². The molecule has 33 heavy (non-hydrogen) atoms. The Kier molecular flexibility index (Phi) is 7.37. The fourth-order valence-corrected chi connectivity index (χ4v) is 9.86. The molecule has 0 amide bonds. The fourth-order valence-electron chi connectivity index (χ4n) is 9.00. The number of aliphatic hydroxyl groups excluding tert-OH is 1.